The van der Waals surface area contributed by atoms with Crippen LogP contribution in [-0.2, 0) is 4.79 Å². The number of aromatic nitrogens is 2. The maximum Gasteiger partial charge on any atom is 0.303 e. The third-order valence-corrected chi connectivity index (χ3v) is 5.04. The molecule has 19 heavy (non-hydrogen) atoms. The second kappa shape index (κ2) is 5.88. The molecule has 2 heterocycles. The minimum Gasteiger partial charge on any atom is -0.481 e. The van der Waals surface area contributed by atoms with E-state index in [0.29, 0.717) is 6.42 Å². The molecular formula is C13H16N2O2S2. The fraction of sp³-hybridized carbons (Fsp3) is 0.462. The number of hydrogen-bond donors (Lipinski definition) is 1. The maximum absolute atomic E-state index is 10.5. The summed E-state index contributed by atoms with van der Waals surface area (Å²) < 4.78 is 0. The monoisotopic (exact) mass is 296 g/mol. The lowest BCUT2D eigenvalue weighted by atomic mass is 10.2. The molecule has 0 spiro atoms. The molecule has 0 radical (unpaired) electrons. The van der Waals surface area contributed by atoms with E-state index >= 15 is 0 Å². The highest BCUT2D eigenvalue weighted by Crippen LogP contribution is 2.35. The topological polar surface area (TPSA) is 63.1 Å². The number of carboxylic acid groups (broad SMARTS) is 1. The molecule has 2 aromatic heterocycles. The van der Waals surface area contributed by atoms with Crippen LogP contribution in [0.2, 0.25) is 0 Å². The smallest absolute Gasteiger partial charge is 0.303 e. The molecular weight excluding hydrogens is 280 g/mol. The lowest BCUT2D eigenvalue weighted by Gasteiger charge is -2.04. The maximum atomic E-state index is 10.5. The predicted molar refractivity (Wildman–Crippen MR) is 79.2 cm³/mol. The van der Waals surface area contributed by atoms with E-state index in [4.69, 9.17) is 5.11 Å². The molecule has 0 amide bonds. The van der Waals surface area contributed by atoms with Crippen LogP contribution in [0.15, 0.2) is 5.03 Å². The Balaban J connectivity index is 2.24. The van der Waals surface area contributed by atoms with Crippen molar-refractivity contribution < 1.29 is 9.90 Å². The zero-order chi connectivity index (χ0) is 14.0. The van der Waals surface area contributed by atoms with Gasteiger partial charge in [-0.05, 0) is 32.8 Å². The van der Waals surface area contributed by atoms with Gasteiger partial charge in [0.25, 0.3) is 0 Å². The van der Waals surface area contributed by atoms with E-state index in [1.807, 2.05) is 6.92 Å². The van der Waals surface area contributed by atoms with Gasteiger partial charge < -0.3 is 5.11 Å². The molecule has 1 N–H and O–H groups in total. The Hall–Kier alpha value is -1.14. The molecule has 0 aliphatic carbocycles. The van der Waals surface area contributed by atoms with Crippen molar-refractivity contribution in [2.75, 3.05) is 5.75 Å². The SMILES string of the molecule is Cc1nc(SCCCC(=O)O)c2c(C)c(C)sc2n1. The van der Waals surface area contributed by atoms with Crippen LogP contribution in [0, 0.1) is 20.8 Å². The normalized spacial score (nSPS) is 11.1. The fourth-order valence-electron chi connectivity index (χ4n) is 1.81. The average Bonchev–Trinajstić information content (AvgIpc) is 2.60. The van der Waals surface area contributed by atoms with Crippen molar-refractivity contribution in [3.05, 3.63) is 16.3 Å². The summed E-state index contributed by atoms with van der Waals surface area (Å²) in [4.78, 5) is 21.8. The van der Waals surface area contributed by atoms with E-state index in [0.717, 1.165) is 26.8 Å². The molecule has 2 aromatic rings. The van der Waals surface area contributed by atoms with Gasteiger partial charge in [-0.3, -0.25) is 4.79 Å². The molecule has 0 saturated carbocycles. The molecule has 102 valence electrons. The number of thioether (sulfide) groups is 1. The summed E-state index contributed by atoms with van der Waals surface area (Å²) >= 11 is 3.32. The molecule has 0 fully saturated rings. The lowest BCUT2D eigenvalue weighted by molar-refractivity contribution is -0.137. The number of carbonyl (C=O) groups is 1. The van der Waals surface area contributed by atoms with Gasteiger partial charge in [0, 0.05) is 22.4 Å². The van der Waals surface area contributed by atoms with E-state index in [1.54, 1.807) is 23.1 Å². The van der Waals surface area contributed by atoms with E-state index in [2.05, 4.69) is 23.8 Å². The van der Waals surface area contributed by atoms with Gasteiger partial charge in [-0.15, -0.1) is 23.1 Å². The highest BCUT2D eigenvalue weighted by molar-refractivity contribution is 7.99. The van der Waals surface area contributed by atoms with Crippen molar-refractivity contribution in [1.82, 2.24) is 9.97 Å². The van der Waals surface area contributed by atoms with Gasteiger partial charge in [-0.2, -0.15) is 0 Å². The van der Waals surface area contributed by atoms with Crippen LogP contribution in [0.25, 0.3) is 10.2 Å². The Kier molecular flexibility index (Phi) is 4.42. The van der Waals surface area contributed by atoms with Crippen molar-refractivity contribution in [3.63, 3.8) is 0 Å². The van der Waals surface area contributed by atoms with E-state index in [9.17, 15) is 4.79 Å². The number of nitrogens with zero attached hydrogens (tertiary/aromatic N) is 2. The van der Waals surface area contributed by atoms with Gasteiger partial charge in [0.1, 0.15) is 15.7 Å². The summed E-state index contributed by atoms with van der Waals surface area (Å²) in [5.74, 6) is 0.799. The van der Waals surface area contributed by atoms with Gasteiger partial charge >= 0.3 is 5.97 Å². The third-order valence-electron chi connectivity index (χ3n) is 2.88. The molecule has 0 aromatic carbocycles. The quantitative estimate of drug-likeness (QED) is 0.519. The van der Waals surface area contributed by atoms with Crippen LogP contribution in [0.5, 0.6) is 0 Å². The van der Waals surface area contributed by atoms with Crippen molar-refractivity contribution >= 4 is 39.3 Å². The molecule has 0 unspecified atom stereocenters. The van der Waals surface area contributed by atoms with Crippen LogP contribution < -0.4 is 0 Å². The number of hydrogen-bond acceptors (Lipinski definition) is 5. The first kappa shape index (κ1) is 14.3. The van der Waals surface area contributed by atoms with Crippen molar-refractivity contribution in [2.24, 2.45) is 0 Å². The Bertz CT molecular complexity index is 623. The number of thiophene rings is 1. The van der Waals surface area contributed by atoms with Gasteiger partial charge in [-0.1, -0.05) is 0 Å². The standard InChI is InChI=1S/C13H16N2O2S2/c1-7-8(2)19-13-11(7)12(14-9(3)15-13)18-6-4-5-10(16)17/h4-6H2,1-3H3,(H,16,17). The minimum absolute atomic E-state index is 0.210. The average molecular weight is 296 g/mol. The second-order valence-electron chi connectivity index (χ2n) is 4.39. The molecule has 2 rings (SSSR count). The highest BCUT2D eigenvalue weighted by atomic mass is 32.2. The van der Waals surface area contributed by atoms with Gasteiger partial charge in [0.2, 0.25) is 0 Å². The van der Waals surface area contributed by atoms with Crippen LogP contribution in [0.1, 0.15) is 29.1 Å². The minimum atomic E-state index is -0.743. The van der Waals surface area contributed by atoms with Crippen LogP contribution in [0.4, 0.5) is 0 Å². The first-order valence-corrected chi connectivity index (χ1v) is 7.88. The van der Waals surface area contributed by atoms with Crippen molar-refractivity contribution in [3.8, 4) is 0 Å². The predicted octanol–water partition coefficient (Wildman–Crippen LogP) is 3.57. The van der Waals surface area contributed by atoms with E-state index < -0.39 is 5.97 Å². The highest BCUT2D eigenvalue weighted by Gasteiger charge is 2.13. The summed E-state index contributed by atoms with van der Waals surface area (Å²) in [6, 6.07) is 0. The lowest BCUT2D eigenvalue weighted by Crippen LogP contribution is -1.96. The first-order valence-electron chi connectivity index (χ1n) is 6.08. The Morgan fingerprint density at radius 2 is 2.05 bits per heavy atom. The fourth-order valence-corrected chi connectivity index (χ4v) is 4.02. The van der Waals surface area contributed by atoms with Crippen LogP contribution >= 0.6 is 23.1 Å². The van der Waals surface area contributed by atoms with Crippen LogP contribution in [-0.4, -0.2) is 26.8 Å². The van der Waals surface area contributed by atoms with Gasteiger partial charge in [-0.25, -0.2) is 9.97 Å². The molecule has 6 heteroatoms. The molecule has 0 saturated heterocycles. The number of rotatable bonds is 5. The largest absolute Gasteiger partial charge is 0.481 e. The summed E-state index contributed by atoms with van der Waals surface area (Å²) in [6.07, 6.45) is 0.870. The third kappa shape index (κ3) is 3.25. The number of fused-ring (bicyclic) bond motifs is 1. The molecule has 4 nitrogen and oxygen atoms in total. The molecule has 0 atom stereocenters. The Morgan fingerprint density at radius 3 is 2.74 bits per heavy atom. The van der Waals surface area contributed by atoms with Crippen LogP contribution in [0.3, 0.4) is 0 Å². The molecule has 0 aliphatic rings. The summed E-state index contributed by atoms with van der Waals surface area (Å²) in [6.45, 7) is 6.08. The number of aliphatic carboxylic acids is 1. The Labute approximate surface area is 120 Å². The van der Waals surface area contributed by atoms with Gasteiger partial charge in [0.05, 0.1) is 0 Å². The number of carboxylic acids is 1. The first-order chi connectivity index (χ1) is 8.99. The van der Waals surface area contributed by atoms with E-state index in [1.165, 1.54) is 10.4 Å². The van der Waals surface area contributed by atoms with Crippen molar-refractivity contribution in [1.29, 1.82) is 0 Å². The summed E-state index contributed by atoms with van der Waals surface area (Å²) in [5, 5.41) is 10.8. The summed E-state index contributed by atoms with van der Waals surface area (Å²) in [5.41, 5.74) is 1.24. The second-order valence-corrected chi connectivity index (χ2v) is 6.67. The summed E-state index contributed by atoms with van der Waals surface area (Å²) in [7, 11) is 0. The zero-order valence-corrected chi connectivity index (χ0v) is 12.8. The molecule has 0 aliphatic heterocycles. The number of aryl methyl sites for hydroxylation is 3. The van der Waals surface area contributed by atoms with E-state index in [-0.39, 0.29) is 6.42 Å². The zero-order valence-electron chi connectivity index (χ0n) is 11.2. The molecule has 0 bridgehead atoms. The van der Waals surface area contributed by atoms with Crippen molar-refractivity contribution in [2.45, 2.75) is 38.6 Å². The Morgan fingerprint density at radius 1 is 1.32 bits per heavy atom. The van der Waals surface area contributed by atoms with Gasteiger partial charge in [0.15, 0.2) is 0 Å².